The Labute approximate surface area is 98.6 Å². The maximum Gasteiger partial charge on any atom is 0.303 e. The molecule has 0 aromatic rings. The van der Waals surface area contributed by atoms with E-state index in [0.717, 1.165) is 4.90 Å². The van der Waals surface area contributed by atoms with E-state index in [-0.39, 0.29) is 31.0 Å². The van der Waals surface area contributed by atoms with Crippen molar-refractivity contribution in [1.82, 2.24) is 4.90 Å². The highest BCUT2D eigenvalue weighted by atomic mass is 16.4. The average molecular weight is 241 g/mol. The van der Waals surface area contributed by atoms with Crippen molar-refractivity contribution in [3.05, 3.63) is 0 Å². The fraction of sp³-hybridized carbons (Fsp3) is 0.636. The van der Waals surface area contributed by atoms with Crippen molar-refractivity contribution >= 4 is 23.6 Å². The minimum atomic E-state index is -1.05. The molecular weight excluding hydrogens is 226 g/mol. The molecule has 0 spiro atoms. The number of ketones is 1. The van der Waals surface area contributed by atoms with Gasteiger partial charge in [-0.2, -0.15) is 0 Å². The summed E-state index contributed by atoms with van der Waals surface area (Å²) in [6.07, 6.45) is -0.166. The number of Topliss-reactive ketones (excluding diaryl/α,β-unsaturated/α-hetero) is 1. The van der Waals surface area contributed by atoms with Crippen LogP contribution in [0, 0.1) is 5.92 Å². The molecule has 0 saturated carbocycles. The molecule has 2 atom stereocenters. The number of carbonyl (C=O) groups excluding carboxylic acids is 3. The van der Waals surface area contributed by atoms with Gasteiger partial charge in [0.15, 0.2) is 5.78 Å². The first-order valence-corrected chi connectivity index (χ1v) is 5.42. The number of imide groups is 1. The normalized spacial score (nSPS) is 21.8. The Morgan fingerprint density at radius 3 is 2.41 bits per heavy atom. The van der Waals surface area contributed by atoms with Gasteiger partial charge < -0.3 is 5.11 Å². The third kappa shape index (κ3) is 2.89. The topological polar surface area (TPSA) is 91.8 Å². The Kier molecular flexibility index (Phi) is 3.98. The zero-order valence-electron chi connectivity index (χ0n) is 9.80. The summed E-state index contributed by atoms with van der Waals surface area (Å²) in [6.45, 7) is 2.88. The van der Waals surface area contributed by atoms with Crippen molar-refractivity contribution in [3.8, 4) is 0 Å². The Hall–Kier alpha value is -1.72. The van der Waals surface area contributed by atoms with Gasteiger partial charge in [-0.05, 0) is 13.3 Å². The second-order valence-electron chi connectivity index (χ2n) is 4.27. The van der Waals surface area contributed by atoms with Gasteiger partial charge in [-0.1, -0.05) is 6.92 Å². The summed E-state index contributed by atoms with van der Waals surface area (Å²) in [7, 11) is 0. The van der Waals surface area contributed by atoms with Crippen LogP contribution in [0.5, 0.6) is 0 Å². The third-order valence-corrected chi connectivity index (χ3v) is 2.82. The number of hydrogen-bond donors (Lipinski definition) is 1. The van der Waals surface area contributed by atoms with E-state index in [2.05, 4.69) is 0 Å². The molecule has 1 N–H and O–H groups in total. The lowest BCUT2D eigenvalue weighted by molar-refractivity contribution is -0.148. The van der Waals surface area contributed by atoms with Crippen molar-refractivity contribution in [2.45, 2.75) is 39.2 Å². The number of likely N-dealkylation sites (tertiary alicyclic amines) is 1. The van der Waals surface area contributed by atoms with E-state index in [1.54, 1.807) is 6.92 Å². The first-order chi connectivity index (χ1) is 7.84. The maximum atomic E-state index is 11.7. The highest BCUT2D eigenvalue weighted by molar-refractivity contribution is 6.06. The molecule has 0 aromatic heterocycles. The molecule has 1 fully saturated rings. The number of hydrogen-bond acceptors (Lipinski definition) is 4. The lowest BCUT2D eigenvalue weighted by atomic mass is 10.1. The Morgan fingerprint density at radius 1 is 1.47 bits per heavy atom. The maximum absolute atomic E-state index is 11.7. The molecule has 1 rings (SSSR count). The lowest BCUT2D eigenvalue weighted by Gasteiger charge is -2.23. The number of aliphatic carboxylic acids is 1. The zero-order valence-corrected chi connectivity index (χ0v) is 9.80. The lowest BCUT2D eigenvalue weighted by Crippen LogP contribution is -2.44. The Bertz CT molecular complexity index is 376. The number of nitrogens with zero attached hydrogens (tertiary/aromatic N) is 1. The van der Waals surface area contributed by atoms with E-state index >= 15 is 0 Å². The van der Waals surface area contributed by atoms with Gasteiger partial charge >= 0.3 is 5.97 Å². The number of carboxylic acid groups (broad SMARTS) is 1. The predicted molar refractivity (Wildman–Crippen MR) is 57.0 cm³/mol. The van der Waals surface area contributed by atoms with Crippen molar-refractivity contribution in [2.75, 3.05) is 0 Å². The second-order valence-corrected chi connectivity index (χ2v) is 4.27. The highest BCUT2D eigenvalue weighted by Gasteiger charge is 2.41. The van der Waals surface area contributed by atoms with Crippen LogP contribution in [0.15, 0.2) is 0 Å². The summed E-state index contributed by atoms with van der Waals surface area (Å²) >= 11 is 0. The first-order valence-electron chi connectivity index (χ1n) is 5.42. The molecule has 17 heavy (non-hydrogen) atoms. The minimum absolute atomic E-state index is 0.0190. The Morgan fingerprint density at radius 2 is 2.06 bits per heavy atom. The van der Waals surface area contributed by atoms with Crippen LogP contribution in [-0.2, 0) is 19.2 Å². The predicted octanol–water partition coefficient (Wildman–Crippen LogP) is 0.204. The molecule has 0 aromatic carbocycles. The van der Waals surface area contributed by atoms with Crippen molar-refractivity contribution in [1.29, 1.82) is 0 Å². The SMILES string of the molecule is CC(=O)[C@H](CCC(=O)O)N1C(=O)CC(C)C1=O. The smallest absolute Gasteiger partial charge is 0.303 e. The summed E-state index contributed by atoms with van der Waals surface area (Å²) < 4.78 is 0. The van der Waals surface area contributed by atoms with Gasteiger partial charge in [-0.25, -0.2) is 0 Å². The van der Waals surface area contributed by atoms with E-state index < -0.39 is 23.8 Å². The van der Waals surface area contributed by atoms with Crippen LogP contribution in [0.3, 0.4) is 0 Å². The molecule has 0 bridgehead atoms. The molecule has 1 saturated heterocycles. The van der Waals surface area contributed by atoms with E-state index in [0.29, 0.717) is 0 Å². The van der Waals surface area contributed by atoms with Gasteiger partial charge in [-0.3, -0.25) is 24.1 Å². The molecule has 6 nitrogen and oxygen atoms in total. The summed E-state index contributed by atoms with van der Waals surface area (Å²) in [4.78, 5) is 46.1. The molecule has 94 valence electrons. The zero-order chi connectivity index (χ0) is 13.2. The Balaban J connectivity index is 2.84. The monoisotopic (exact) mass is 241 g/mol. The molecule has 6 heteroatoms. The molecule has 0 aliphatic carbocycles. The fourth-order valence-corrected chi connectivity index (χ4v) is 1.91. The van der Waals surface area contributed by atoms with Crippen LogP contribution < -0.4 is 0 Å². The van der Waals surface area contributed by atoms with Gasteiger partial charge in [0, 0.05) is 18.8 Å². The average Bonchev–Trinajstić information content (AvgIpc) is 2.44. The molecular formula is C11H15NO5. The number of rotatable bonds is 5. The fourth-order valence-electron chi connectivity index (χ4n) is 1.91. The molecule has 0 radical (unpaired) electrons. The highest BCUT2D eigenvalue weighted by Crippen LogP contribution is 2.23. The standard InChI is InChI=1S/C11H15NO5/c1-6-5-9(14)12(11(6)17)8(7(2)13)3-4-10(15)16/h6,8H,3-5H2,1-2H3,(H,15,16)/t6?,8-/m0/s1. The van der Waals surface area contributed by atoms with Crippen LogP contribution in [0.1, 0.15) is 33.1 Å². The van der Waals surface area contributed by atoms with Crippen molar-refractivity contribution in [3.63, 3.8) is 0 Å². The van der Waals surface area contributed by atoms with Gasteiger partial charge in [0.25, 0.3) is 0 Å². The first kappa shape index (κ1) is 13.3. The van der Waals surface area contributed by atoms with E-state index in [1.165, 1.54) is 6.92 Å². The van der Waals surface area contributed by atoms with Gasteiger partial charge in [0.05, 0.1) is 6.04 Å². The van der Waals surface area contributed by atoms with E-state index in [4.69, 9.17) is 5.11 Å². The molecule has 1 heterocycles. The van der Waals surface area contributed by atoms with Crippen molar-refractivity contribution < 1.29 is 24.3 Å². The van der Waals surface area contributed by atoms with Crippen LogP contribution >= 0.6 is 0 Å². The quantitative estimate of drug-likeness (QED) is 0.694. The summed E-state index contributed by atoms with van der Waals surface area (Å²) in [5, 5.41) is 8.57. The van der Waals surface area contributed by atoms with Gasteiger partial charge in [-0.15, -0.1) is 0 Å². The van der Waals surface area contributed by atoms with Crippen molar-refractivity contribution in [2.24, 2.45) is 5.92 Å². The number of carboxylic acids is 1. The van der Waals surface area contributed by atoms with Crippen LogP contribution in [0.4, 0.5) is 0 Å². The van der Waals surface area contributed by atoms with Crippen LogP contribution in [0.2, 0.25) is 0 Å². The van der Waals surface area contributed by atoms with E-state index in [9.17, 15) is 19.2 Å². The third-order valence-electron chi connectivity index (χ3n) is 2.82. The van der Waals surface area contributed by atoms with Gasteiger partial charge in [0.2, 0.25) is 11.8 Å². The second kappa shape index (κ2) is 5.07. The molecule has 1 aliphatic rings. The summed E-state index contributed by atoms with van der Waals surface area (Å²) in [5.41, 5.74) is 0. The largest absolute Gasteiger partial charge is 0.481 e. The molecule has 1 aliphatic heterocycles. The molecule has 1 unspecified atom stereocenters. The minimum Gasteiger partial charge on any atom is -0.481 e. The number of amides is 2. The number of carbonyl (C=O) groups is 4. The van der Waals surface area contributed by atoms with Gasteiger partial charge in [0.1, 0.15) is 0 Å². The van der Waals surface area contributed by atoms with E-state index in [1.807, 2.05) is 0 Å². The molecule has 2 amide bonds. The van der Waals surface area contributed by atoms with Crippen LogP contribution in [0.25, 0.3) is 0 Å². The summed E-state index contributed by atoms with van der Waals surface area (Å²) in [5.74, 6) is -2.62. The summed E-state index contributed by atoms with van der Waals surface area (Å²) in [6, 6.07) is -0.934. The van der Waals surface area contributed by atoms with Crippen LogP contribution in [-0.4, -0.2) is 39.6 Å².